The molecule has 1 saturated heterocycles. The normalized spacial score (nSPS) is 32.1. The van der Waals surface area contributed by atoms with Crippen molar-refractivity contribution in [2.24, 2.45) is 5.92 Å². The van der Waals surface area contributed by atoms with Crippen molar-refractivity contribution < 1.29 is 5.11 Å². The van der Waals surface area contributed by atoms with Crippen molar-refractivity contribution in [2.75, 3.05) is 13.1 Å². The third kappa shape index (κ3) is 2.48. The van der Waals surface area contributed by atoms with Gasteiger partial charge in [-0.05, 0) is 58.4 Å². The second-order valence-corrected chi connectivity index (χ2v) is 5.53. The number of aliphatic hydroxyl groups is 1. The van der Waals surface area contributed by atoms with E-state index in [2.05, 4.69) is 18.7 Å². The predicted octanol–water partition coefficient (Wildman–Crippen LogP) is 2.02. The van der Waals surface area contributed by atoms with Gasteiger partial charge < -0.3 is 10.0 Å². The smallest absolute Gasteiger partial charge is 0.0653 e. The van der Waals surface area contributed by atoms with Crippen LogP contribution in [0.1, 0.15) is 46.0 Å². The maximum Gasteiger partial charge on any atom is 0.0653 e. The number of nitrogens with zero attached hydrogens (tertiary/aromatic N) is 1. The molecule has 0 spiro atoms. The zero-order chi connectivity index (χ0) is 10.2. The minimum Gasteiger partial charge on any atom is -0.390 e. The summed E-state index contributed by atoms with van der Waals surface area (Å²) >= 11 is 0. The molecule has 1 N–H and O–H groups in total. The Hall–Kier alpha value is -0.0800. The van der Waals surface area contributed by atoms with E-state index >= 15 is 0 Å². The van der Waals surface area contributed by atoms with Crippen LogP contribution in [0.5, 0.6) is 0 Å². The number of piperidine rings is 1. The lowest BCUT2D eigenvalue weighted by Crippen LogP contribution is -2.41. The quantitative estimate of drug-likeness (QED) is 0.748. The Morgan fingerprint density at radius 1 is 1.43 bits per heavy atom. The summed E-state index contributed by atoms with van der Waals surface area (Å²) in [5, 5.41) is 9.89. The first kappa shape index (κ1) is 10.4. The van der Waals surface area contributed by atoms with Crippen LogP contribution in [0.3, 0.4) is 0 Å². The monoisotopic (exact) mass is 197 g/mol. The molecule has 1 saturated carbocycles. The van der Waals surface area contributed by atoms with Gasteiger partial charge in [-0.1, -0.05) is 0 Å². The first-order chi connectivity index (χ1) is 6.59. The fourth-order valence-corrected chi connectivity index (χ4v) is 2.62. The van der Waals surface area contributed by atoms with Crippen LogP contribution in [0.25, 0.3) is 0 Å². The van der Waals surface area contributed by atoms with Crippen LogP contribution in [-0.2, 0) is 0 Å². The molecule has 14 heavy (non-hydrogen) atoms. The molecular weight excluding hydrogens is 174 g/mol. The molecule has 0 aromatic heterocycles. The van der Waals surface area contributed by atoms with Gasteiger partial charge in [0.15, 0.2) is 0 Å². The highest BCUT2D eigenvalue weighted by Crippen LogP contribution is 2.42. The van der Waals surface area contributed by atoms with E-state index in [9.17, 15) is 5.11 Å². The maximum atomic E-state index is 9.89. The molecule has 0 aromatic rings. The summed E-state index contributed by atoms with van der Waals surface area (Å²) in [6.07, 6.45) is 5.79. The van der Waals surface area contributed by atoms with Crippen LogP contribution in [0.15, 0.2) is 0 Å². The number of likely N-dealkylation sites (tertiary alicyclic amines) is 1. The minimum absolute atomic E-state index is 0.245. The molecule has 2 fully saturated rings. The van der Waals surface area contributed by atoms with Gasteiger partial charge in [-0.2, -0.15) is 0 Å². The number of hydrogen-bond acceptors (Lipinski definition) is 2. The van der Waals surface area contributed by atoms with Gasteiger partial charge in [0, 0.05) is 12.6 Å². The number of hydrogen-bond donors (Lipinski definition) is 1. The van der Waals surface area contributed by atoms with E-state index in [1.54, 1.807) is 0 Å². The lowest BCUT2D eigenvalue weighted by Gasteiger charge is -2.36. The summed E-state index contributed by atoms with van der Waals surface area (Å²) in [5.74, 6) is 0.749. The van der Waals surface area contributed by atoms with E-state index < -0.39 is 0 Å². The molecule has 1 unspecified atom stereocenters. The van der Waals surface area contributed by atoms with Crippen LogP contribution in [0.4, 0.5) is 0 Å². The van der Waals surface area contributed by atoms with Crippen LogP contribution in [0.2, 0.25) is 0 Å². The fraction of sp³-hybridized carbons (Fsp3) is 1.00. The molecule has 0 aromatic carbocycles. The lowest BCUT2D eigenvalue weighted by molar-refractivity contribution is 0.0734. The van der Waals surface area contributed by atoms with Gasteiger partial charge in [0.05, 0.1) is 5.60 Å². The van der Waals surface area contributed by atoms with E-state index in [0.29, 0.717) is 6.04 Å². The summed E-state index contributed by atoms with van der Waals surface area (Å²) in [4.78, 5) is 2.56. The summed E-state index contributed by atoms with van der Waals surface area (Å²) in [6, 6.07) is 0.673. The first-order valence-electron chi connectivity index (χ1n) is 6.05. The van der Waals surface area contributed by atoms with Crippen LogP contribution in [-0.4, -0.2) is 34.7 Å². The standard InChI is InChI=1S/C12H23NO/c1-10(2)13-7-3-4-11(9-13)8-12(14)5-6-12/h10-11,14H,3-9H2,1-2H3. The molecule has 1 heterocycles. The van der Waals surface area contributed by atoms with Gasteiger partial charge in [0.25, 0.3) is 0 Å². The third-order valence-corrected chi connectivity index (χ3v) is 3.78. The Morgan fingerprint density at radius 3 is 2.71 bits per heavy atom. The molecule has 2 heteroatoms. The Labute approximate surface area is 87.3 Å². The van der Waals surface area contributed by atoms with E-state index in [0.717, 1.165) is 25.2 Å². The summed E-state index contributed by atoms with van der Waals surface area (Å²) < 4.78 is 0. The third-order valence-electron chi connectivity index (χ3n) is 3.78. The topological polar surface area (TPSA) is 23.5 Å². The second kappa shape index (κ2) is 3.82. The van der Waals surface area contributed by atoms with E-state index in [1.165, 1.54) is 25.9 Å². The Bertz CT molecular complexity index is 198. The van der Waals surface area contributed by atoms with Gasteiger partial charge in [-0.3, -0.25) is 0 Å². The SMILES string of the molecule is CC(C)N1CCCC(CC2(O)CC2)C1. The molecular formula is C12H23NO. The highest BCUT2D eigenvalue weighted by Gasteiger charge is 2.42. The van der Waals surface area contributed by atoms with E-state index in [4.69, 9.17) is 0 Å². The molecule has 2 rings (SSSR count). The fourth-order valence-electron chi connectivity index (χ4n) is 2.62. The number of rotatable bonds is 3. The zero-order valence-electron chi connectivity index (χ0n) is 9.50. The maximum absolute atomic E-state index is 9.89. The Kier molecular flexibility index (Phi) is 2.85. The second-order valence-electron chi connectivity index (χ2n) is 5.53. The van der Waals surface area contributed by atoms with Crippen LogP contribution >= 0.6 is 0 Å². The van der Waals surface area contributed by atoms with E-state index in [1.807, 2.05) is 0 Å². The van der Waals surface area contributed by atoms with Crippen LogP contribution < -0.4 is 0 Å². The largest absolute Gasteiger partial charge is 0.390 e. The van der Waals surface area contributed by atoms with Gasteiger partial charge in [0.2, 0.25) is 0 Å². The van der Waals surface area contributed by atoms with Gasteiger partial charge in [-0.25, -0.2) is 0 Å². The molecule has 1 aliphatic carbocycles. The van der Waals surface area contributed by atoms with Crippen molar-refractivity contribution in [3.05, 3.63) is 0 Å². The molecule has 1 atom stereocenters. The van der Waals surface area contributed by atoms with Crippen molar-refractivity contribution in [3.8, 4) is 0 Å². The van der Waals surface area contributed by atoms with Crippen molar-refractivity contribution in [2.45, 2.75) is 57.6 Å². The van der Waals surface area contributed by atoms with Crippen molar-refractivity contribution in [3.63, 3.8) is 0 Å². The first-order valence-corrected chi connectivity index (χ1v) is 6.05. The van der Waals surface area contributed by atoms with Gasteiger partial charge in [0.1, 0.15) is 0 Å². The molecule has 0 bridgehead atoms. The average molecular weight is 197 g/mol. The van der Waals surface area contributed by atoms with Gasteiger partial charge in [-0.15, -0.1) is 0 Å². The average Bonchev–Trinajstić information content (AvgIpc) is 2.83. The molecule has 0 amide bonds. The highest BCUT2D eigenvalue weighted by atomic mass is 16.3. The van der Waals surface area contributed by atoms with Crippen LogP contribution in [0, 0.1) is 5.92 Å². The lowest BCUT2D eigenvalue weighted by atomic mass is 9.91. The van der Waals surface area contributed by atoms with Crippen molar-refractivity contribution in [1.82, 2.24) is 4.90 Å². The summed E-state index contributed by atoms with van der Waals surface area (Å²) in [7, 11) is 0. The summed E-state index contributed by atoms with van der Waals surface area (Å²) in [6.45, 7) is 7.01. The minimum atomic E-state index is -0.245. The Balaban J connectivity index is 1.81. The Morgan fingerprint density at radius 2 is 2.14 bits per heavy atom. The molecule has 2 nitrogen and oxygen atoms in total. The zero-order valence-corrected chi connectivity index (χ0v) is 9.50. The van der Waals surface area contributed by atoms with Gasteiger partial charge >= 0.3 is 0 Å². The highest BCUT2D eigenvalue weighted by molar-refractivity contribution is 4.96. The molecule has 0 radical (unpaired) electrons. The van der Waals surface area contributed by atoms with Crippen molar-refractivity contribution >= 4 is 0 Å². The van der Waals surface area contributed by atoms with E-state index in [-0.39, 0.29) is 5.60 Å². The molecule has 2 aliphatic rings. The predicted molar refractivity (Wildman–Crippen MR) is 58.2 cm³/mol. The van der Waals surface area contributed by atoms with Crippen molar-refractivity contribution in [1.29, 1.82) is 0 Å². The molecule has 1 aliphatic heterocycles. The molecule has 82 valence electrons. The summed E-state index contributed by atoms with van der Waals surface area (Å²) in [5.41, 5.74) is -0.245.